The summed E-state index contributed by atoms with van der Waals surface area (Å²) in [6, 6.07) is 4.42. The van der Waals surface area contributed by atoms with Gasteiger partial charge in [0.2, 0.25) is 11.7 Å². The number of benzene rings is 1. The van der Waals surface area contributed by atoms with E-state index in [9.17, 15) is 4.39 Å². The predicted octanol–water partition coefficient (Wildman–Crippen LogP) is 3.26. The Hall–Kier alpha value is -1.46. The Morgan fingerprint density at radius 2 is 2.00 bits per heavy atom. The van der Waals surface area contributed by atoms with E-state index in [4.69, 9.17) is 10.3 Å². The smallest absolute Gasteiger partial charge is 0.244 e. The molecule has 4 nitrogen and oxygen atoms in total. The van der Waals surface area contributed by atoms with Crippen LogP contribution in [0.2, 0.25) is 0 Å². The van der Waals surface area contributed by atoms with Crippen molar-refractivity contribution in [3.05, 3.63) is 35.5 Å². The Bertz CT molecular complexity index is 557. The van der Waals surface area contributed by atoms with Gasteiger partial charge in [-0.05, 0) is 36.6 Å². The van der Waals surface area contributed by atoms with Gasteiger partial charge in [-0.3, -0.25) is 0 Å². The number of hydrogen-bond acceptors (Lipinski definition) is 4. The second-order valence-electron chi connectivity index (χ2n) is 4.69. The average molecular weight is 286 g/mol. The van der Waals surface area contributed by atoms with Gasteiger partial charge in [-0.1, -0.05) is 19.0 Å². The molecule has 0 aliphatic carbocycles. The third kappa shape index (κ3) is 3.30. The van der Waals surface area contributed by atoms with Crippen molar-refractivity contribution in [1.29, 1.82) is 0 Å². The molecule has 1 aromatic heterocycles. The van der Waals surface area contributed by atoms with E-state index in [-0.39, 0.29) is 30.2 Å². The van der Waals surface area contributed by atoms with Crippen LogP contribution < -0.4 is 5.73 Å². The molecule has 1 atom stereocenters. The first-order chi connectivity index (χ1) is 8.49. The Morgan fingerprint density at radius 3 is 2.58 bits per heavy atom. The summed E-state index contributed by atoms with van der Waals surface area (Å²) in [5.74, 6) is 0.806. The van der Waals surface area contributed by atoms with E-state index in [1.54, 1.807) is 19.1 Å². The van der Waals surface area contributed by atoms with Crippen molar-refractivity contribution >= 4 is 12.4 Å². The highest BCUT2D eigenvalue weighted by Crippen LogP contribution is 2.22. The maximum Gasteiger partial charge on any atom is 0.244 e. The fraction of sp³-hybridized carbons (Fsp3) is 0.385. The fourth-order valence-corrected chi connectivity index (χ4v) is 1.56. The van der Waals surface area contributed by atoms with Crippen LogP contribution in [-0.2, 0) is 0 Å². The standard InChI is InChI=1S/C13H16FN3O.ClH/c1-7(2)11(15)13-16-12(17-18-13)9-4-5-10(14)8(3)6-9;/h4-7,11H,15H2,1-3H3;1H. The first-order valence-corrected chi connectivity index (χ1v) is 5.84. The van der Waals surface area contributed by atoms with Crippen molar-refractivity contribution in [2.45, 2.75) is 26.8 Å². The molecule has 0 aliphatic heterocycles. The lowest BCUT2D eigenvalue weighted by Crippen LogP contribution is -2.16. The van der Waals surface area contributed by atoms with Crippen LogP contribution >= 0.6 is 12.4 Å². The van der Waals surface area contributed by atoms with Crippen LogP contribution in [0.4, 0.5) is 4.39 Å². The lowest BCUT2D eigenvalue weighted by Gasteiger charge is -2.09. The van der Waals surface area contributed by atoms with Gasteiger partial charge < -0.3 is 10.3 Å². The van der Waals surface area contributed by atoms with Gasteiger partial charge in [0.25, 0.3) is 0 Å². The SMILES string of the molecule is Cc1cc(-c2noc(C(N)C(C)C)n2)ccc1F.Cl. The molecule has 0 fully saturated rings. The van der Waals surface area contributed by atoms with E-state index in [0.29, 0.717) is 17.3 Å². The summed E-state index contributed by atoms with van der Waals surface area (Å²) in [6.45, 7) is 5.66. The van der Waals surface area contributed by atoms with E-state index in [0.717, 1.165) is 5.56 Å². The zero-order chi connectivity index (χ0) is 13.3. The molecule has 1 aromatic carbocycles. The van der Waals surface area contributed by atoms with Crippen LogP contribution in [0.3, 0.4) is 0 Å². The Kier molecular flexibility index (Phi) is 5.03. The third-order valence-electron chi connectivity index (χ3n) is 2.86. The number of nitrogens with two attached hydrogens (primary N) is 1. The summed E-state index contributed by atoms with van der Waals surface area (Å²) in [6.07, 6.45) is 0. The van der Waals surface area contributed by atoms with E-state index >= 15 is 0 Å². The van der Waals surface area contributed by atoms with E-state index in [1.807, 2.05) is 13.8 Å². The Morgan fingerprint density at radius 1 is 1.32 bits per heavy atom. The molecule has 0 saturated heterocycles. The molecule has 0 amide bonds. The highest BCUT2D eigenvalue weighted by atomic mass is 35.5. The molecule has 1 heterocycles. The van der Waals surface area contributed by atoms with Gasteiger partial charge in [-0.25, -0.2) is 4.39 Å². The Balaban J connectivity index is 0.00000180. The number of aromatic nitrogens is 2. The van der Waals surface area contributed by atoms with Crippen molar-refractivity contribution < 1.29 is 8.91 Å². The average Bonchev–Trinajstić information content (AvgIpc) is 2.81. The van der Waals surface area contributed by atoms with Crippen molar-refractivity contribution in [3.63, 3.8) is 0 Å². The molecule has 19 heavy (non-hydrogen) atoms. The number of halogens is 2. The maximum atomic E-state index is 13.2. The number of aryl methyl sites for hydroxylation is 1. The predicted molar refractivity (Wildman–Crippen MR) is 73.4 cm³/mol. The summed E-state index contributed by atoms with van der Waals surface area (Å²) in [5.41, 5.74) is 7.20. The molecular formula is C13H17ClFN3O. The molecule has 2 aromatic rings. The zero-order valence-electron chi connectivity index (χ0n) is 11.1. The van der Waals surface area contributed by atoms with Crippen LogP contribution in [0.5, 0.6) is 0 Å². The highest BCUT2D eigenvalue weighted by molar-refractivity contribution is 5.85. The minimum atomic E-state index is -0.284. The summed E-state index contributed by atoms with van der Waals surface area (Å²) < 4.78 is 18.3. The maximum absolute atomic E-state index is 13.2. The van der Waals surface area contributed by atoms with Crippen LogP contribution in [0.15, 0.2) is 22.7 Å². The van der Waals surface area contributed by atoms with E-state index in [1.165, 1.54) is 6.07 Å². The van der Waals surface area contributed by atoms with Crippen molar-refractivity contribution in [3.8, 4) is 11.4 Å². The van der Waals surface area contributed by atoms with Gasteiger partial charge in [-0.2, -0.15) is 4.98 Å². The highest BCUT2D eigenvalue weighted by Gasteiger charge is 2.18. The topological polar surface area (TPSA) is 64.9 Å². The monoisotopic (exact) mass is 285 g/mol. The quantitative estimate of drug-likeness (QED) is 0.940. The van der Waals surface area contributed by atoms with E-state index < -0.39 is 0 Å². The van der Waals surface area contributed by atoms with Gasteiger partial charge in [-0.15, -0.1) is 12.4 Å². The summed E-state index contributed by atoms with van der Waals surface area (Å²) >= 11 is 0. The largest absolute Gasteiger partial charge is 0.337 e. The number of rotatable bonds is 3. The molecule has 0 aliphatic rings. The molecule has 1 unspecified atom stereocenters. The van der Waals surface area contributed by atoms with Gasteiger partial charge >= 0.3 is 0 Å². The minimum absolute atomic E-state index is 0. The van der Waals surface area contributed by atoms with Gasteiger partial charge in [0.05, 0.1) is 6.04 Å². The first kappa shape index (κ1) is 15.6. The first-order valence-electron chi connectivity index (χ1n) is 5.84. The summed E-state index contributed by atoms with van der Waals surface area (Å²) in [7, 11) is 0. The van der Waals surface area contributed by atoms with Crippen LogP contribution in [0.25, 0.3) is 11.4 Å². The molecule has 0 radical (unpaired) electrons. The van der Waals surface area contributed by atoms with Crippen LogP contribution in [0.1, 0.15) is 31.3 Å². The zero-order valence-corrected chi connectivity index (χ0v) is 11.9. The van der Waals surface area contributed by atoms with E-state index in [2.05, 4.69) is 10.1 Å². The second kappa shape index (κ2) is 6.12. The van der Waals surface area contributed by atoms with Crippen molar-refractivity contribution in [1.82, 2.24) is 10.1 Å². The second-order valence-corrected chi connectivity index (χ2v) is 4.69. The molecule has 6 heteroatoms. The van der Waals surface area contributed by atoms with Gasteiger partial charge in [0, 0.05) is 5.56 Å². The molecule has 0 saturated carbocycles. The van der Waals surface area contributed by atoms with Crippen LogP contribution in [-0.4, -0.2) is 10.1 Å². The molecular weight excluding hydrogens is 269 g/mol. The fourth-order valence-electron chi connectivity index (χ4n) is 1.56. The van der Waals surface area contributed by atoms with Gasteiger partial charge in [0.15, 0.2) is 0 Å². The Labute approximate surface area is 117 Å². The third-order valence-corrected chi connectivity index (χ3v) is 2.86. The number of nitrogens with zero attached hydrogens (tertiary/aromatic N) is 2. The summed E-state index contributed by atoms with van der Waals surface area (Å²) in [4.78, 5) is 4.25. The molecule has 0 bridgehead atoms. The summed E-state index contributed by atoms with van der Waals surface area (Å²) in [5, 5.41) is 3.87. The normalized spacial score (nSPS) is 12.3. The molecule has 2 N–H and O–H groups in total. The lowest BCUT2D eigenvalue weighted by molar-refractivity contribution is 0.325. The van der Waals surface area contributed by atoms with Crippen molar-refractivity contribution in [2.75, 3.05) is 0 Å². The van der Waals surface area contributed by atoms with Crippen molar-refractivity contribution in [2.24, 2.45) is 11.7 Å². The minimum Gasteiger partial charge on any atom is -0.337 e. The molecule has 2 rings (SSSR count). The molecule has 0 spiro atoms. The number of hydrogen-bond donors (Lipinski definition) is 1. The van der Waals surface area contributed by atoms with Gasteiger partial charge in [0.1, 0.15) is 5.82 Å². The molecule has 104 valence electrons. The lowest BCUT2D eigenvalue weighted by atomic mass is 10.1. The van der Waals surface area contributed by atoms with Crippen LogP contribution in [0, 0.1) is 18.7 Å².